The Labute approximate surface area is 227 Å². The monoisotopic (exact) mass is 534 g/mol. The van der Waals surface area contributed by atoms with Gasteiger partial charge >= 0.3 is 0 Å². The van der Waals surface area contributed by atoms with Crippen LogP contribution in [0.25, 0.3) is 5.57 Å². The average molecular weight is 535 g/mol. The number of rotatable bonds is 11. The van der Waals surface area contributed by atoms with Gasteiger partial charge in [-0.05, 0) is 62.1 Å². The minimum atomic E-state index is -0.809. The first-order chi connectivity index (χ1) is 18.7. The lowest BCUT2D eigenvalue weighted by atomic mass is 10.0. The van der Waals surface area contributed by atoms with Gasteiger partial charge in [-0.1, -0.05) is 30.3 Å². The van der Waals surface area contributed by atoms with Gasteiger partial charge in [-0.2, -0.15) is 0 Å². The molecular weight excluding hydrogens is 500 g/mol. The predicted octanol–water partition coefficient (Wildman–Crippen LogP) is 3.87. The van der Waals surface area contributed by atoms with Crippen molar-refractivity contribution in [3.8, 4) is 5.75 Å². The van der Waals surface area contributed by atoms with Gasteiger partial charge in [-0.15, -0.1) is 4.91 Å². The highest BCUT2D eigenvalue weighted by Gasteiger charge is 2.39. The third kappa shape index (κ3) is 8.15. The standard InChI is InChI=1S/C29H34N4O6/c1-4-30-20(3)19(2)22-12-10-21(11-13-22)17-31-28(36)26-16-24(34)18-33(26)29(37)23-7-5-8-25(15-23)39-14-6-9-27(35)32-38/h4-5,7-8,10-13,15,24,26,34H,6,9,14,16-18H2,1-3H3,(H,31,36)/b20-19+,30-4?/t24-,26?/m1/s1. The van der Waals surface area contributed by atoms with Crippen molar-refractivity contribution >= 4 is 29.5 Å². The molecule has 3 amide bonds. The van der Waals surface area contributed by atoms with E-state index in [0.29, 0.717) is 17.7 Å². The van der Waals surface area contributed by atoms with E-state index in [2.05, 4.69) is 15.5 Å². The first-order valence-electron chi connectivity index (χ1n) is 12.8. The van der Waals surface area contributed by atoms with Gasteiger partial charge in [0.1, 0.15) is 11.8 Å². The van der Waals surface area contributed by atoms with Gasteiger partial charge in [0.2, 0.25) is 5.91 Å². The number of hydrogen-bond donors (Lipinski definition) is 2. The van der Waals surface area contributed by atoms with Gasteiger partial charge in [0.15, 0.2) is 0 Å². The van der Waals surface area contributed by atoms with E-state index in [4.69, 9.17) is 4.74 Å². The molecule has 0 radical (unpaired) electrons. The number of carbonyl (C=O) groups excluding carboxylic acids is 3. The fourth-order valence-corrected chi connectivity index (χ4v) is 4.31. The summed E-state index contributed by atoms with van der Waals surface area (Å²) in [7, 11) is 0. The molecule has 2 aromatic carbocycles. The van der Waals surface area contributed by atoms with Crippen LogP contribution in [-0.2, 0) is 16.1 Å². The van der Waals surface area contributed by atoms with Gasteiger partial charge in [-0.3, -0.25) is 19.4 Å². The summed E-state index contributed by atoms with van der Waals surface area (Å²) in [5.74, 6) is -1.06. The molecule has 0 aliphatic carbocycles. The highest BCUT2D eigenvalue weighted by molar-refractivity contribution is 5.98. The number of carbonyl (C=O) groups is 3. The molecule has 206 valence electrons. The Morgan fingerprint density at radius 1 is 1.13 bits per heavy atom. The minimum Gasteiger partial charge on any atom is -0.494 e. The van der Waals surface area contributed by atoms with Gasteiger partial charge in [-0.25, -0.2) is 0 Å². The van der Waals surface area contributed by atoms with Crippen LogP contribution in [0.2, 0.25) is 0 Å². The number of amides is 3. The summed E-state index contributed by atoms with van der Waals surface area (Å²) in [5, 5.41) is 15.5. The number of allylic oxidation sites excluding steroid dienone is 2. The van der Waals surface area contributed by atoms with Crippen LogP contribution in [0.4, 0.5) is 0 Å². The predicted molar refractivity (Wildman–Crippen MR) is 148 cm³/mol. The summed E-state index contributed by atoms with van der Waals surface area (Å²) in [6.07, 6.45) is 1.39. The topological polar surface area (TPSA) is 138 Å². The molecule has 0 spiro atoms. The van der Waals surface area contributed by atoms with E-state index in [-0.39, 0.29) is 38.4 Å². The Kier molecular flexibility index (Phi) is 10.6. The van der Waals surface area contributed by atoms with E-state index in [1.807, 2.05) is 45.0 Å². The van der Waals surface area contributed by atoms with Gasteiger partial charge in [0.05, 0.1) is 12.7 Å². The lowest BCUT2D eigenvalue weighted by molar-refractivity contribution is -0.125. The summed E-state index contributed by atoms with van der Waals surface area (Å²) in [5.41, 5.74) is 4.26. The van der Waals surface area contributed by atoms with Crippen LogP contribution in [0.3, 0.4) is 0 Å². The van der Waals surface area contributed by atoms with Crippen LogP contribution >= 0.6 is 0 Å². The second-order valence-electron chi connectivity index (χ2n) is 9.34. The van der Waals surface area contributed by atoms with Crippen molar-refractivity contribution < 1.29 is 24.2 Å². The fraction of sp³-hybridized carbons (Fsp3) is 0.379. The lowest BCUT2D eigenvalue weighted by Crippen LogP contribution is -2.45. The number of aliphatic hydroxyl groups is 1. The fourth-order valence-electron chi connectivity index (χ4n) is 4.31. The smallest absolute Gasteiger partial charge is 0.286 e. The van der Waals surface area contributed by atoms with Crippen LogP contribution in [0.15, 0.2) is 64.4 Å². The third-order valence-electron chi connectivity index (χ3n) is 6.55. The normalized spacial score (nSPS) is 17.6. The molecule has 3 rings (SSSR count). The van der Waals surface area contributed by atoms with Gasteiger partial charge in [0, 0.05) is 48.6 Å². The molecule has 2 N–H and O–H groups in total. The van der Waals surface area contributed by atoms with E-state index < -0.39 is 24.0 Å². The Hall–Kier alpha value is -4.18. The number of benzene rings is 2. The molecule has 10 heteroatoms. The summed E-state index contributed by atoms with van der Waals surface area (Å²) in [4.78, 5) is 53.2. The highest BCUT2D eigenvalue weighted by Crippen LogP contribution is 2.24. The van der Waals surface area contributed by atoms with E-state index in [0.717, 1.165) is 22.4 Å². The first kappa shape index (κ1) is 29.4. The van der Waals surface area contributed by atoms with E-state index in [1.54, 1.807) is 30.5 Å². The number of β-amino-alcohol motifs (C(OH)–C–C–N with tert-alkyl or cyclic N) is 1. The van der Waals surface area contributed by atoms with Crippen molar-refractivity contribution in [2.75, 3.05) is 13.2 Å². The van der Waals surface area contributed by atoms with E-state index >= 15 is 0 Å². The first-order valence-corrected chi connectivity index (χ1v) is 12.8. The molecule has 39 heavy (non-hydrogen) atoms. The van der Waals surface area contributed by atoms with Gasteiger partial charge in [0.25, 0.3) is 11.8 Å². The Bertz CT molecular complexity index is 1250. The van der Waals surface area contributed by atoms with Crippen molar-refractivity contribution in [3.05, 3.63) is 75.8 Å². The number of nitrogens with zero attached hydrogens (tertiary/aromatic N) is 3. The number of aliphatic hydroxyl groups excluding tert-OH is 1. The van der Waals surface area contributed by atoms with E-state index in [9.17, 15) is 24.4 Å². The quantitative estimate of drug-likeness (QED) is 0.255. The molecular formula is C29H34N4O6. The molecule has 2 atom stereocenters. The number of aliphatic imine (C=N–C) groups is 1. The lowest BCUT2D eigenvalue weighted by Gasteiger charge is -2.24. The molecule has 1 aliphatic rings. The van der Waals surface area contributed by atoms with Crippen molar-refractivity contribution in [2.24, 2.45) is 10.2 Å². The zero-order valence-electron chi connectivity index (χ0n) is 22.4. The zero-order valence-corrected chi connectivity index (χ0v) is 22.4. The molecule has 1 saturated heterocycles. The van der Waals surface area contributed by atoms with Crippen molar-refractivity contribution in [1.82, 2.24) is 10.2 Å². The van der Waals surface area contributed by atoms with Crippen molar-refractivity contribution in [1.29, 1.82) is 0 Å². The maximum atomic E-state index is 13.3. The maximum Gasteiger partial charge on any atom is 0.286 e. The number of nitroso groups, excluding NO2 is 1. The molecule has 1 heterocycles. The van der Waals surface area contributed by atoms with Crippen LogP contribution in [0.1, 0.15) is 61.5 Å². The maximum absolute atomic E-state index is 13.3. The summed E-state index contributed by atoms with van der Waals surface area (Å²) in [6, 6.07) is 13.5. The van der Waals surface area contributed by atoms with E-state index in [1.165, 1.54) is 4.90 Å². The Morgan fingerprint density at radius 3 is 2.56 bits per heavy atom. The molecule has 1 aliphatic heterocycles. The largest absolute Gasteiger partial charge is 0.494 e. The molecule has 0 aromatic heterocycles. The SMILES string of the molecule is CC=N/C(C)=C(\C)c1ccc(CNC(=O)C2C[C@@H](O)CN2C(=O)c2cccc(OCCCC(=O)N=O)c2)cc1. The van der Waals surface area contributed by atoms with Crippen LogP contribution in [0.5, 0.6) is 5.75 Å². The van der Waals surface area contributed by atoms with Crippen molar-refractivity contribution in [3.63, 3.8) is 0 Å². The number of hydrogen-bond acceptors (Lipinski definition) is 7. The summed E-state index contributed by atoms with van der Waals surface area (Å²) < 4.78 is 5.58. The number of nitrogens with one attached hydrogen (secondary N) is 1. The molecule has 2 aromatic rings. The number of likely N-dealkylation sites (tertiary alicyclic amines) is 1. The van der Waals surface area contributed by atoms with Gasteiger partial charge < -0.3 is 20.1 Å². The minimum absolute atomic E-state index is 0.0148. The molecule has 0 bridgehead atoms. The Morgan fingerprint density at radius 2 is 1.87 bits per heavy atom. The average Bonchev–Trinajstić information content (AvgIpc) is 3.35. The van der Waals surface area contributed by atoms with Crippen LogP contribution in [0, 0.1) is 4.91 Å². The second-order valence-corrected chi connectivity index (χ2v) is 9.34. The highest BCUT2D eigenvalue weighted by atomic mass is 16.5. The van der Waals surface area contributed by atoms with Crippen molar-refractivity contribution in [2.45, 2.75) is 58.7 Å². The molecule has 1 unspecified atom stereocenters. The van der Waals surface area contributed by atoms with Crippen LogP contribution < -0.4 is 10.1 Å². The summed E-state index contributed by atoms with van der Waals surface area (Å²) >= 11 is 0. The zero-order chi connectivity index (χ0) is 28.4. The summed E-state index contributed by atoms with van der Waals surface area (Å²) in [6.45, 7) is 6.34. The molecule has 0 saturated carbocycles. The number of ether oxygens (including phenoxy) is 1. The Balaban J connectivity index is 1.61. The molecule has 10 nitrogen and oxygen atoms in total. The molecule has 1 fully saturated rings. The second kappa shape index (κ2) is 14.1. The van der Waals surface area contributed by atoms with Crippen LogP contribution in [-0.4, -0.2) is 59.2 Å². The third-order valence-corrected chi connectivity index (χ3v) is 6.55.